The number of nitrogens with two attached hydrogens (primary N) is 1. The number of hydrogen-bond acceptors (Lipinski definition) is 7. The third-order valence-electron chi connectivity index (χ3n) is 6.89. The van der Waals surface area contributed by atoms with Gasteiger partial charge in [0.25, 0.3) is 0 Å². The maximum atomic E-state index is 14.8. The molecule has 0 unspecified atom stereocenters. The molecular formula is C23H25F4N9. The van der Waals surface area contributed by atoms with E-state index in [2.05, 4.69) is 30.3 Å². The molecule has 4 aromatic heterocycles. The molecule has 0 bridgehead atoms. The normalized spacial score (nSPS) is 21.5. The molecule has 1 aliphatic carbocycles. The van der Waals surface area contributed by atoms with Crippen molar-refractivity contribution in [1.29, 1.82) is 0 Å². The van der Waals surface area contributed by atoms with Crippen molar-refractivity contribution in [1.82, 2.24) is 34.0 Å². The average Bonchev–Trinajstić information content (AvgIpc) is 3.50. The van der Waals surface area contributed by atoms with Crippen molar-refractivity contribution in [3.63, 3.8) is 0 Å². The number of nitrogens with one attached hydrogen (secondary N) is 1. The number of aryl methyl sites for hydroxylation is 1. The molecular weight excluding hydrogens is 478 g/mol. The third kappa shape index (κ3) is 4.21. The van der Waals surface area contributed by atoms with Gasteiger partial charge in [-0.2, -0.15) is 18.2 Å². The van der Waals surface area contributed by atoms with Gasteiger partial charge in [0.1, 0.15) is 29.6 Å². The molecule has 36 heavy (non-hydrogen) atoms. The first-order valence-corrected chi connectivity index (χ1v) is 11.9. The third-order valence-corrected chi connectivity index (χ3v) is 6.89. The van der Waals surface area contributed by atoms with E-state index in [1.807, 2.05) is 0 Å². The number of imidazole rings is 1. The van der Waals surface area contributed by atoms with Gasteiger partial charge in [-0.15, -0.1) is 5.10 Å². The second-order valence-corrected chi connectivity index (χ2v) is 9.52. The first-order chi connectivity index (χ1) is 17.2. The molecule has 13 heteroatoms. The summed E-state index contributed by atoms with van der Waals surface area (Å²) in [5.41, 5.74) is 8.22. The Morgan fingerprint density at radius 2 is 1.92 bits per heavy atom. The molecule has 0 aromatic carbocycles. The van der Waals surface area contributed by atoms with Crippen LogP contribution >= 0.6 is 0 Å². The summed E-state index contributed by atoms with van der Waals surface area (Å²) in [6.45, 7) is 1.55. The fourth-order valence-corrected chi connectivity index (χ4v) is 4.98. The Balaban J connectivity index is 1.30. The Kier molecular flexibility index (Phi) is 5.28. The van der Waals surface area contributed by atoms with Crippen LogP contribution in [0.15, 0.2) is 24.4 Å². The first kappa shape index (κ1) is 23.0. The summed E-state index contributed by atoms with van der Waals surface area (Å²) in [6, 6.07) is 5.14. The van der Waals surface area contributed by atoms with Crippen molar-refractivity contribution in [3.8, 4) is 11.3 Å². The van der Waals surface area contributed by atoms with E-state index in [1.165, 1.54) is 11.4 Å². The highest BCUT2D eigenvalue weighted by molar-refractivity contribution is 5.88. The van der Waals surface area contributed by atoms with Crippen LogP contribution in [0.25, 0.3) is 27.9 Å². The number of likely N-dealkylation sites (tertiary alicyclic amines) is 1. The van der Waals surface area contributed by atoms with Crippen molar-refractivity contribution in [2.75, 3.05) is 24.1 Å². The summed E-state index contributed by atoms with van der Waals surface area (Å²) in [6.07, 6.45) is -0.855. The van der Waals surface area contributed by atoms with Gasteiger partial charge in [0.05, 0.1) is 11.7 Å². The molecule has 0 radical (unpaired) electrons. The molecule has 0 amide bonds. The summed E-state index contributed by atoms with van der Waals surface area (Å²) < 4.78 is 56.7. The summed E-state index contributed by atoms with van der Waals surface area (Å²) in [4.78, 5) is 15.2. The van der Waals surface area contributed by atoms with Crippen LogP contribution in [0.1, 0.15) is 25.1 Å². The molecule has 2 atom stereocenters. The highest BCUT2D eigenvalue weighted by Gasteiger charge is 2.37. The number of halogens is 4. The summed E-state index contributed by atoms with van der Waals surface area (Å²) in [5.74, 6) is 0.596. The number of anilines is 2. The fraction of sp³-hybridized carbons (Fsp3) is 0.478. The lowest BCUT2D eigenvalue weighted by molar-refractivity contribution is -0.140. The zero-order valence-corrected chi connectivity index (χ0v) is 19.5. The van der Waals surface area contributed by atoms with E-state index in [9.17, 15) is 17.6 Å². The van der Waals surface area contributed by atoms with Crippen LogP contribution < -0.4 is 11.1 Å². The number of aromatic nitrogens is 6. The molecule has 9 nitrogen and oxygen atoms in total. The number of hydrogen-bond donors (Lipinski definition) is 2. The number of rotatable bonds is 5. The van der Waals surface area contributed by atoms with Gasteiger partial charge in [-0.05, 0) is 44.4 Å². The molecule has 190 valence electrons. The van der Waals surface area contributed by atoms with Gasteiger partial charge < -0.3 is 15.6 Å². The topological polar surface area (TPSA) is 102 Å². The van der Waals surface area contributed by atoms with Crippen LogP contribution in [-0.4, -0.2) is 71.6 Å². The molecule has 1 aliphatic heterocycles. The van der Waals surface area contributed by atoms with Crippen LogP contribution in [-0.2, 0) is 6.54 Å². The van der Waals surface area contributed by atoms with Crippen LogP contribution in [0.4, 0.5) is 29.3 Å². The van der Waals surface area contributed by atoms with E-state index >= 15 is 0 Å². The number of nitrogens with zero attached hydrogens (tertiary/aromatic N) is 7. The molecule has 5 heterocycles. The van der Waals surface area contributed by atoms with Crippen LogP contribution in [0.5, 0.6) is 0 Å². The van der Waals surface area contributed by atoms with Gasteiger partial charge in [-0.3, -0.25) is 4.90 Å². The number of nitrogen functional groups attached to an aromatic ring is 1. The Bertz CT molecular complexity index is 1440. The Hall–Kier alpha value is -3.48. The zero-order valence-electron chi connectivity index (χ0n) is 19.5. The lowest BCUT2D eigenvalue weighted by atomic mass is 10.0. The predicted molar refractivity (Wildman–Crippen MR) is 126 cm³/mol. The van der Waals surface area contributed by atoms with E-state index in [0.29, 0.717) is 41.3 Å². The number of pyridine rings is 1. The molecule has 1 saturated heterocycles. The highest BCUT2D eigenvalue weighted by atomic mass is 19.4. The van der Waals surface area contributed by atoms with Gasteiger partial charge in [0.2, 0.25) is 5.95 Å². The van der Waals surface area contributed by atoms with E-state index in [4.69, 9.17) is 5.73 Å². The van der Waals surface area contributed by atoms with Crippen LogP contribution in [0, 0.1) is 6.92 Å². The van der Waals surface area contributed by atoms with E-state index in [0.717, 1.165) is 24.0 Å². The summed E-state index contributed by atoms with van der Waals surface area (Å²) in [7, 11) is 0. The zero-order chi connectivity index (χ0) is 25.2. The lowest BCUT2D eigenvalue weighted by Gasteiger charge is -2.35. The number of alkyl halides is 4. The predicted octanol–water partition coefficient (Wildman–Crippen LogP) is 3.58. The minimum atomic E-state index is -4.41. The van der Waals surface area contributed by atoms with Crippen molar-refractivity contribution in [3.05, 3.63) is 30.2 Å². The van der Waals surface area contributed by atoms with Crippen LogP contribution in [0.3, 0.4) is 0 Å². The SMILES string of the molecule is Cc1nc2ccc(-c3ccn4nc(N[C@H]5CCN(C6CC6)C[C@H]5F)nc(N)c34)nc2n1CC(F)(F)F. The van der Waals surface area contributed by atoms with E-state index in [1.54, 1.807) is 24.4 Å². The van der Waals surface area contributed by atoms with Gasteiger partial charge in [-0.25, -0.2) is 18.9 Å². The van der Waals surface area contributed by atoms with Gasteiger partial charge in [-0.1, -0.05) is 0 Å². The quantitative estimate of drug-likeness (QED) is 0.402. The Labute approximate surface area is 203 Å². The molecule has 1 saturated carbocycles. The maximum Gasteiger partial charge on any atom is 0.406 e. The number of piperidine rings is 1. The molecule has 2 fully saturated rings. The molecule has 6 rings (SSSR count). The molecule has 2 aliphatic rings. The minimum Gasteiger partial charge on any atom is -0.382 e. The van der Waals surface area contributed by atoms with E-state index in [-0.39, 0.29) is 23.2 Å². The molecule has 0 spiro atoms. The second kappa shape index (κ2) is 8.29. The first-order valence-electron chi connectivity index (χ1n) is 11.9. The standard InChI is InChI=1S/C23H25F4N9/c1-12-29-18-5-4-16(30-21(18)35(12)11-23(25,26)27)14-6-9-36-19(14)20(28)32-22(33-36)31-17-7-8-34(10-15(17)24)13-2-3-13/h4-6,9,13,15,17H,2-3,7-8,10-11H2,1H3,(H3,28,31,32,33)/t15-,17+/m1/s1. The average molecular weight is 504 g/mol. The Morgan fingerprint density at radius 1 is 1.11 bits per heavy atom. The second-order valence-electron chi connectivity index (χ2n) is 9.52. The maximum absolute atomic E-state index is 14.8. The van der Waals surface area contributed by atoms with Gasteiger partial charge >= 0.3 is 6.18 Å². The van der Waals surface area contributed by atoms with Gasteiger partial charge in [0, 0.05) is 30.9 Å². The fourth-order valence-electron chi connectivity index (χ4n) is 4.98. The van der Waals surface area contributed by atoms with Crippen molar-refractivity contribution < 1.29 is 17.6 Å². The van der Waals surface area contributed by atoms with Gasteiger partial charge in [0.15, 0.2) is 11.5 Å². The van der Waals surface area contributed by atoms with Crippen molar-refractivity contribution in [2.24, 2.45) is 0 Å². The van der Waals surface area contributed by atoms with Crippen molar-refractivity contribution in [2.45, 2.75) is 57.2 Å². The Morgan fingerprint density at radius 3 is 2.64 bits per heavy atom. The van der Waals surface area contributed by atoms with E-state index < -0.39 is 24.9 Å². The number of fused-ring (bicyclic) bond motifs is 2. The molecule has 4 aromatic rings. The monoisotopic (exact) mass is 503 g/mol. The minimum absolute atomic E-state index is 0.131. The molecule has 3 N–H and O–H groups in total. The largest absolute Gasteiger partial charge is 0.406 e. The summed E-state index contributed by atoms with van der Waals surface area (Å²) >= 11 is 0. The van der Waals surface area contributed by atoms with Crippen LogP contribution in [0.2, 0.25) is 0 Å². The highest BCUT2D eigenvalue weighted by Crippen LogP contribution is 2.32. The smallest absolute Gasteiger partial charge is 0.382 e. The lowest BCUT2D eigenvalue weighted by Crippen LogP contribution is -2.48. The van der Waals surface area contributed by atoms with Crippen molar-refractivity contribution >= 4 is 28.4 Å². The summed E-state index contributed by atoms with van der Waals surface area (Å²) in [5, 5.41) is 7.54.